The van der Waals surface area contributed by atoms with Crippen LogP contribution in [0.2, 0.25) is 0 Å². The van der Waals surface area contributed by atoms with Gasteiger partial charge in [-0.2, -0.15) is 0 Å². The van der Waals surface area contributed by atoms with Crippen molar-refractivity contribution in [2.45, 2.75) is 47.1 Å². The number of aryl methyl sites for hydroxylation is 1. The molecule has 12 heteroatoms. The first kappa shape index (κ1) is 31.8. The second-order valence-electron chi connectivity index (χ2n) is 10.8. The normalized spacial score (nSPS) is 17.1. The maximum Gasteiger partial charge on any atom is 0.350 e. The average molecular weight is 637 g/mol. The van der Waals surface area contributed by atoms with Gasteiger partial charge in [-0.05, 0) is 69.0 Å². The molecule has 0 aliphatic carbocycles. The number of hydrogen-bond acceptors (Lipinski definition) is 11. The zero-order valence-electron chi connectivity index (χ0n) is 25.9. The molecule has 0 unspecified atom stereocenters. The van der Waals surface area contributed by atoms with Crippen molar-refractivity contribution < 1.29 is 43.2 Å². The molecule has 2 aromatic carbocycles. The van der Waals surface area contributed by atoms with Crippen molar-refractivity contribution in [3.63, 3.8) is 0 Å². The number of esters is 1. The molecule has 0 saturated carbocycles. The molecule has 0 spiro atoms. The summed E-state index contributed by atoms with van der Waals surface area (Å²) in [6.45, 7) is 11.1. The number of Topliss-reactive ketones (excluding diaryl/α,β-unsaturated/α-hetero) is 1. The SMILES string of the molecule is CCOC(=O)c1sc(N2C(=O)C(=O)C(=C(O)c3ccc4c(c3)OCCO4)[C@@H]2c2ccc(OCCC(C)C)c(OCC)c2)nc1C. The Labute approximate surface area is 265 Å². The largest absolute Gasteiger partial charge is 0.507 e. The van der Waals surface area contributed by atoms with Gasteiger partial charge in [0.1, 0.15) is 23.9 Å². The van der Waals surface area contributed by atoms with E-state index in [2.05, 4.69) is 18.8 Å². The fourth-order valence-electron chi connectivity index (χ4n) is 5.05. The van der Waals surface area contributed by atoms with Crippen LogP contribution in [0.5, 0.6) is 23.0 Å². The Balaban J connectivity index is 1.66. The lowest BCUT2D eigenvalue weighted by Gasteiger charge is -2.24. The van der Waals surface area contributed by atoms with Gasteiger partial charge in [0.25, 0.3) is 5.78 Å². The molecule has 3 heterocycles. The number of aliphatic hydroxyl groups is 1. The molecule has 11 nitrogen and oxygen atoms in total. The van der Waals surface area contributed by atoms with Gasteiger partial charge in [0, 0.05) is 5.56 Å². The minimum absolute atomic E-state index is 0.110. The number of aliphatic hydroxyl groups excluding tert-OH is 1. The third kappa shape index (κ3) is 6.46. The predicted molar refractivity (Wildman–Crippen MR) is 168 cm³/mol. The molecule has 1 aromatic heterocycles. The third-order valence-electron chi connectivity index (χ3n) is 7.25. The van der Waals surface area contributed by atoms with Crippen LogP contribution in [0.4, 0.5) is 5.13 Å². The van der Waals surface area contributed by atoms with Crippen molar-refractivity contribution in [1.82, 2.24) is 4.98 Å². The Morgan fingerprint density at radius 2 is 1.80 bits per heavy atom. The zero-order valence-corrected chi connectivity index (χ0v) is 26.7. The molecule has 0 bridgehead atoms. The highest BCUT2D eigenvalue weighted by Crippen LogP contribution is 2.46. The van der Waals surface area contributed by atoms with Crippen LogP contribution in [0.15, 0.2) is 42.0 Å². The average Bonchev–Trinajstić information content (AvgIpc) is 3.53. The zero-order chi connectivity index (χ0) is 32.2. The van der Waals surface area contributed by atoms with E-state index < -0.39 is 29.5 Å². The van der Waals surface area contributed by atoms with Crippen molar-refractivity contribution in [3.8, 4) is 23.0 Å². The summed E-state index contributed by atoms with van der Waals surface area (Å²) in [7, 11) is 0. The fraction of sp³-hybridized carbons (Fsp3) is 0.394. The molecule has 2 aliphatic rings. The number of ether oxygens (including phenoxy) is 5. The van der Waals surface area contributed by atoms with Crippen molar-refractivity contribution in [2.75, 3.05) is 37.9 Å². The van der Waals surface area contributed by atoms with E-state index in [-0.39, 0.29) is 27.8 Å². The molecular weight excluding hydrogens is 600 g/mol. The van der Waals surface area contributed by atoms with Gasteiger partial charge in [-0.15, -0.1) is 0 Å². The van der Waals surface area contributed by atoms with Crippen LogP contribution in [0.1, 0.15) is 66.7 Å². The summed E-state index contributed by atoms with van der Waals surface area (Å²) in [4.78, 5) is 46.0. The molecular formula is C33H36N2O9S. The quantitative estimate of drug-likeness (QED) is 0.118. The minimum atomic E-state index is -1.11. The Kier molecular flexibility index (Phi) is 9.62. The van der Waals surface area contributed by atoms with Crippen molar-refractivity contribution in [1.29, 1.82) is 0 Å². The molecule has 1 amide bonds. The van der Waals surface area contributed by atoms with E-state index in [0.717, 1.165) is 17.8 Å². The lowest BCUT2D eigenvalue weighted by molar-refractivity contribution is -0.132. The summed E-state index contributed by atoms with van der Waals surface area (Å²) in [5.74, 6) is -0.489. The van der Waals surface area contributed by atoms with Gasteiger partial charge in [-0.25, -0.2) is 9.78 Å². The standard InChI is InChI=1S/C33H36N2O9S/c1-6-40-24-16-20(8-10-22(24)42-13-12-18(3)4)27-26(28(36)21-9-11-23-25(17-21)44-15-14-43-23)29(37)31(38)35(27)33-34-19(5)30(45-33)32(39)41-7-2/h8-11,16-18,27,36H,6-7,12-15H2,1-5H3/t27-/m0/s1. The lowest BCUT2D eigenvalue weighted by atomic mass is 9.95. The second-order valence-corrected chi connectivity index (χ2v) is 11.8. The second kappa shape index (κ2) is 13.6. The highest BCUT2D eigenvalue weighted by molar-refractivity contribution is 7.17. The first-order valence-corrected chi connectivity index (χ1v) is 15.7. The maximum absolute atomic E-state index is 13.8. The van der Waals surface area contributed by atoms with Gasteiger partial charge in [0.2, 0.25) is 0 Å². The smallest absolute Gasteiger partial charge is 0.350 e. The maximum atomic E-state index is 13.8. The summed E-state index contributed by atoms with van der Waals surface area (Å²) < 4.78 is 28.4. The van der Waals surface area contributed by atoms with Gasteiger partial charge in [-0.3, -0.25) is 14.5 Å². The molecule has 3 aromatic rings. The Morgan fingerprint density at radius 3 is 2.51 bits per heavy atom. The van der Waals surface area contributed by atoms with Gasteiger partial charge >= 0.3 is 11.9 Å². The van der Waals surface area contributed by atoms with E-state index in [9.17, 15) is 19.5 Å². The van der Waals surface area contributed by atoms with E-state index in [4.69, 9.17) is 23.7 Å². The number of aromatic nitrogens is 1. The number of carbonyl (C=O) groups excluding carboxylic acids is 3. The van der Waals surface area contributed by atoms with Gasteiger partial charge in [-0.1, -0.05) is 31.3 Å². The molecule has 0 radical (unpaired) electrons. The topological polar surface area (TPSA) is 134 Å². The van der Waals surface area contributed by atoms with Gasteiger partial charge in [0.05, 0.1) is 37.1 Å². The molecule has 1 fully saturated rings. The van der Waals surface area contributed by atoms with Crippen LogP contribution in [0, 0.1) is 12.8 Å². The molecule has 5 rings (SSSR count). The summed E-state index contributed by atoms with van der Waals surface area (Å²) >= 11 is 0.939. The summed E-state index contributed by atoms with van der Waals surface area (Å²) in [5.41, 5.74) is 0.935. The number of rotatable bonds is 11. The molecule has 45 heavy (non-hydrogen) atoms. The fourth-order valence-corrected chi connectivity index (χ4v) is 6.04. The van der Waals surface area contributed by atoms with Crippen molar-refractivity contribution in [2.24, 2.45) is 5.92 Å². The lowest BCUT2D eigenvalue weighted by Crippen LogP contribution is -2.29. The van der Waals surface area contributed by atoms with Crippen LogP contribution >= 0.6 is 11.3 Å². The molecule has 1 atom stereocenters. The number of benzene rings is 2. The van der Waals surface area contributed by atoms with E-state index >= 15 is 0 Å². The Bertz CT molecular complexity index is 1640. The number of carbonyl (C=O) groups is 3. The number of amides is 1. The molecule has 1 N–H and O–H groups in total. The van der Waals surface area contributed by atoms with E-state index in [0.29, 0.717) is 66.6 Å². The van der Waals surface area contributed by atoms with Crippen LogP contribution in [0.3, 0.4) is 0 Å². The monoisotopic (exact) mass is 636 g/mol. The van der Waals surface area contributed by atoms with Crippen LogP contribution in [-0.2, 0) is 14.3 Å². The number of anilines is 1. The predicted octanol–water partition coefficient (Wildman–Crippen LogP) is 5.85. The summed E-state index contributed by atoms with van der Waals surface area (Å²) in [6, 6.07) is 8.84. The Morgan fingerprint density at radius 1 is 1.04 bits per heavy atom. The highest BCUT2D eigenvalue weighted by Gasteiger charge is 2.49. The Hall–Kier alpha value is -4.58. The van der Waals surface area contributed by atoms with Gasteiger partial charge < -0.3 is 28.8 Å². The van der Waals surface area contributed by atoms with E-state index in [1.165, 1.54) is 4.90 Å². The van der Waals surface area contributed by atoms with Gasteiger partial charge in [0.15, 0.2) is 28.1 Å². The number of fused-ring (bicyclic) bond motifs is 1. The highest BCUT2D eigenvalue weighted by atomic mass is 32.1. The van der Waals surface area contributed by atoms with Crippen molar-refractivity contribution in [3.05, 3.63) is 63.7 Å². The van der Waals surface area contributed by atoms with Crippen LogP contribution in [-0.4, -0.2) is 60.8 Å². The number of hydrogen-bond donors (Lipinski definition) is 1. The van der Waals surface area contributed by atoms with E-state index in [1.54, 1.807) is 50.2 Å². The number of ketones is 1. The molecule has 238 valence electrons. The molecule has 1 saturated heterocycles. The van der Waals surface area contributed by atoms with Crippen LogP contribution < -0.4 is 23.8 Å². The van der Waals surface area contributed by atoms with Crippen LogP contribution in [0.25, 0.3) is 5.76 Å². The summed E-state index contributed by atoms with van der Waals surface area (Å²) in [6.07, 6.45) is 0.842. The number of nitrogens with zero attached hydrogens (tertiary/aromatic N) is 2. The summed E-state index contributed by atoms with van der Waals surface area (Å²) in [5, 5.41) is 11.8. The van der Waals surface area contributed by atoms with Crippen molar-refractivity contribution >= 4 is 39.9 Å². The third-order valence-corrected chi connectivity index (χ3v) is 8.39. The van der Waals surface area contributed by atoms with E-state index in [1.807, 2.05) is 6.92 Å². The number of thiazole rings is 1. The minimum Gasteiger partial charge on any atom is -0.507 e. The first-order valence-electron chi connectivity index (χ1n) is 14.9. The molecule has 2 aliphatic heterocycles. The first-order chi connectivity index (χ1) is 21.6.